The van der Waals surface area contributed by atoms with E-state index in [0.717, 1.165) is 0 Å². The fourth-order valence-electron chi connectivity index (χ4n) is 1.84. The van der Waals surface area contributed by atoms with Gasteiger partial charge in [-0.15, -0.1) is 11.6 Å². The van der Waals surface area contributed by atoms with Gasteiger partial charge in [-0.25, -0.2) is 0 Å². The number of hydrogen-bond acceptors (Lipinski definition) is 4. The number of rotatable bonds is 7. The zero-order chi connectivity index (χ0) is 15.1. The lowest BCUT2D eigenvalue weighted by Crippen LogP contribution is -2.35. The van der Waals surface area contributed by atoms with E-state index in [2.05, 4.69) is 0 Å². The number of carbonyl (C=O) groups excluding carboxylic acids is 1. The highest BCUT2D eigenvalue weighted by Crippen LogP contribution is 2.22. The minimum absolute atomic E-state index is 0.0617. The van der Waals surface area contributed by atoms with Crippen molar-refractivity contribution in [1.82, 2.24) is 4.90 Å². The van der Waals surface area contributed by atoms with Gasteiger partial charge in [0.1, 0.15) is 0 Å². The number of benzene rings is 1. The largest absolute Gasteiger partial charge is 0.383 e. The van der Waals surface area contributed by atoms with Gasteiger partial charge in [-0.05, 0) is 13.0 Å². The second-order valence-electron chi connectivity index (χ2n) is 4.18. The number of methoxy groups -OCH3 is 1. The number of alkyl halides is 1. The van der Waals surface area contributed by atoms with Gasteiger partial charge in [0.05, 0.1) is 11.5 Å². The van der Waals surface area contributed by atoms with Crippen LogP contribution < -0.4 is 0 Å². The second kappa shape index (κ2) is 7.81. The van der Waals surface area contributed by atoms with Crippen molar-refractivity contribution < 1.29 is 14.5 Å². The third-order valence-electron chi connectivity index (χ3n) is 2.94. The van der Waals surface area contributed by atoms with Crippen LogP contribution in [0.1, 0.15) is 15.9 Å². The van der Waals surface area contributed by atoms with Gasteiger partial charge in [0.15, 0.2) is 0 Å². The van der Waals surface area contributed by atoms with E-state index < -0.39 is 4.92 Å². The van der Waals surface area contributed by atoms with Crippen molar-refractivity contribution in [3.8, 4) is 0 Å². The van der Waals surface area contributed by atoms with E-state index in [9.17, 15) is 14.9 Å². The van der Waals surface area contributed by atoms with E-state index in [1.54, 1.807) is 20.1 Å². The summed E-state index contributed by atoms with van der Waals surface area (Å²) in [6.07, 6.45) is 0. The number of amides is 1. The number of halogens is 1. The Morgan fingerprint density at radius 2 is 2.15 bits per heavy atom. The van der Waals surface area contributed by atoms with Gasteiger partial charge in [-0.1, -0.05) is 6.07 Å². The molecule has 0 radical (unpaired) electrons. The summed E-state index contributed by atoms with van der Waals surface area (Å²) < 4.78 is 4.95. The molecule has 0 aliphatic rings. The van der Waals surface area contributed by atoms with E-state index >= 15 is 0 Å². The number of nitro groups is 1. The molecule has 0 heterocycles. The lowest BCUT2D eigenvalue weighted by atomic mass is 10.1. The molecule has 0 saturated heterocycles. The number of nitrogens with zero attached hydrogens (tertiary/aromatic N) is 2. The van der Waals surface area contributed by atoms with Gasteiger partial charge in [-0.2, -0.15) is 0 Å². The molecule has 1 aromatic carbocycles. The number of carbonyl (C=O) groups is 1. The van der Waals surface area contributed by atoms with Crippen LogP contribution in [0.4, 0.5) is 5.69 Å². The summed E-state index contributed by atoms with van der Waals surface area (Å²) >= 11 is 5.69. The van der Waals surface area contributed by atoms with E-state index in [0.29, 0.717) is 36.7 Å². The van der Waals surface area contributed by atoms with Crippen LogP contribution in [0.3, 0.4) is 0 Å². The van der Waals surface area contributed by atoms with Crippen molar-refractivity contribution in [1.29, 1.82) is 0 Å². The zero-order valence-electron chi connectivity index (χ0n) is 11.5. The van der Waals surface area contributed by atoms with Crippen LogP contribution in [0.25, 0.3) is 0 Å². The van der Waals surface area contributed by atoms with Crippen molar-refractivity contribution in [3.05, 3.63) is 39.4 Å². The van der Waals surface area contributed by atoms with E-state index in [1.807, 2.05) is 0 Å². The predicted molar refractivity (Wildman–Crippen MR) is 76.3 cm³/mol. The van der Waals surface area contributed by atoms with E-state index in [1.165, 1.54) is 17.0 Å². The fourth-order valence-corrected chi connectivity index (χ4v) is 2.05. The molecule has 0 aliphatic heterocycles. The number of ether oxygens (including phenoxy) is 1. The molecule has 0 aliphatic carbocycles. The highest BCUT2D eigenvalue weighted by Gasteiger charge is 2.21. The quantitative estimate of drug-likeness (QED) is 0.440. The molecule has 1 amide bonds. The molecule has 0 atom stereocenters. The summed E-state index contributed by atoms with van der Waals surface area (Å²) in [5.74, 6) is 0.0209. The van der Waals surface area contributed by atoms with Crippen molar-refractivity contribution in [2.45, 2.75) is 6.92 Å². The Kier molecular flexibility index (Phi) is 6.41. The standard InChI is InChI=1S/C13H17ClN2O4/c1-10-11(4-3-5-12(10)16(18)19)13(17)15(7-6-14)8-9-20-2/h3-5H,6-9H2,1-2H3. The summed E-state index contributed by atoms with van der Waals surface area (Å²) in [6, 6.07) is 4.47. The predicted octanol–water partition coefficient (Wildman–Crippen LogP) is 2.23. The Balaban J connectivity index is 3.05. The lowest BCUT2D eigenvalue weighted by Gasteiger charge is -2.22. The van der Waals surface area contributed by atoms with Gasteiger partial charge in [-0.3, -0.25) is 14.9 Å². The molecule has 6 nitrogen and oxygen atoms in total. The van der Waals surface area contributed by atoms with E-state index in [4.69, 9.17) is 16.3 Å². The van der Waals surface area contributed by atoms with Gasteiger partial charge in [0.2, 0.25) is 0 Å². The lowest BCUT2D eigenvalue weighted by molar-refractivity contribution is -0.385. The highest BCUT2D eigenvalue weighted by molar-refractivity contribution is 6.18. The van der Waals surface area contributed by atoms with Crippen LogP contribution >= 0.6 is 11.6 Å². The molecule has 0 spiro atoms. The maximum atomic E-state index is 12.4. The maximum Gasteiger partial charge on any atom is 0.273 e. The van der Waals surface area contributed by atoms with Crippen molar-refractivity contribution in [2.75, 3.05) is 32.7 Å². The Hall–Kier alpha value is -1.66. The highest BCUT2D eigenvalue weighted by atomic mass is 35.5. The first-order chi connectivity index (χ1) is 9.52. The first-order valence-corrected chi connectivity index (χ1v) is 6.64. The molecule has 1 aromatic rings. The summed E-state index contributed by atoms with van der Waals surface area (Å²) in [7, 11) is 1.54. The summed E-state index contributed by atoms with van der Waals surface area (Å²) in [4.78, 5) is 24.4. The second-order valence-corrected chi connectivity index (χ2v) is 4.56. The number of nitro benzene ring substituents is 1. The zero-order valence-corrected chi connectivity index (χ0v) is 12.2. The molecular formula is C13H17ClN2O4. The Bertz CT molecular complexity index is 493. The van der Waals surface area contributed by atoms with Crippen LogP contribution in [0.15, 0.2) is 18.2 Å². The van der Waals surface area contributed by atoms with Crippen molar-refractivity contribution in [3.63, 3.8) is 0 Å². The molecule has 0 unspecified atom stereocenters. The van der Waals surface area contributed by atoms with Crippen LogP contribution in [0, 0.1) is 17.0 Å². The monoisotopic (exact) mass is 300 g/mol. The van der Waals surface area contributed by atoms with Gasteiger partial charge >= 0.3 is 0 Å². The minimum Gasteiger partial charge on any atom is -0.383 e. The fraction of sp³-hybridized carbons (Fsp3) is 0.462. The maximum absolute atomic E-state index is 12.4. The minimum atomic E-state index is -0.493. The van der Waals surface area contributed by atoms with Gasteiger partial charge < -0.3 is 9.64 Å². The topological polar surface area (TPSA) is 72.7 Å². The van der Waals surface area contributed by atoms with Crippen LogP contribution in [0.2, 0.25) is 0 Å². The average Bonchev–Trinajstić information content (AvgIpc) is 2.42. The summed E-state index contributed by atoms with van der Waals surface area (Å²) in [6.45, 7) is 2.72. The molecular weight excluding hydrogens is 284 g/mol. The SMILES string of the molecule is COCCN(CCCl)C(=O)c1cccc([N+](=O)[O-])c1C. The third kappa shape index (κ3) is 3.91. The normalized spacial score (nSPS) is 10.3. The first-order valence-electron chi connectivity index (χ1n) is 6.11. The van der Waals surface area contributed by atoms with Gasteiger partial charge in [0.25, 0.3) is 11.6 Å². The average molecular weight is 301 g/mol. The smallest absolute Gasteiger partial charge is 0.273 e. The molecule has 1 rings (SSSR count). The summed E-state index contributed by atoms with van der Waals surface area (Å²) in [5.41, 5.74) is 0.619. The molecule has 7 heteroatoms. The number of hydrogen-bond donors (Lipinski definition) is 0. The summed E-state index contributed by atoms with van der Waals surface area (Å²) in [5, 5.41) is 10.9. The van der Waals surface area contributed by atoms with Crippen LogP contribution in [0.5, 0.6) is 0 Å². The molecule has 0 N–H and O–H groups in total. The molecule has 20 heavy (non-hydrogen) atoms. The van der Waals surface area contributed by atoms with Crippen LogP contribution in [-0.2, 0) is 4.74 Å². The van der Waals surface area contributed by atoms with Gasteiger partial charge in [0, 0.05) is 43.3 Å². The van der Waals surface area contributed by atoms with Crippen molar-refractivity contribution >= 4 is 23.2 Å². The third-order valence-corrected chi connectivity index (χ3v) is 3.11. The Morgan fingerprint density at radius 3 is 2.70 bits per heavy atom. The Morgan fingerprint density at radius 1 is 1.45 bits per heavy atom. The van der Waals surface area contributed by atoms with Crippen LogP contribution in [-0.4, -0.2) is 48.4 Å². The van der Waals surface area contributed by atoms with E-state index in [-0.39, 0.29) is 11.6 Å². The Labute approximate surface area is 122 Å². The first kappa shape index (κ1) is 16.4. The molecule has 0 saturated carbocycles. The molecule has 0 bridgehead atoms. The molecule has 0 fully saturated rings. The molecule has 0 aromatic heterocycles. The molecule has 110 valence electrons. The van der Waals surface area contributed by atoms with Crippen molar-refractivity contribution in [2.24, 2.45) is 0 Å².